The molecule has 1 aliphatic heterocycles. The second-order valence-electron chi connectivity index (χ2n) is 5.35. The lowest BCUT2D eigenvalue weighted by Crippen LogP contribution is -2.27. The number of aliphatic hydroxyl groups excluding tert-OH is 1. The second-order valence-corrected chi connectivity index (χ2v) is 5.35. The van der Waals surface area contributed by atoms with Gasteiger partial charge in [-0.2, -0.15) is 13.2 Å². The van der Waals surface area contributed by atoms with Gasteiger partial charge in [-0.25, -0.2) is 14.4 Å². The molecular weight excluding hydrogens is 314 g/mol. The lowest BCUT2D eigenvalue weighted by atomic mass is 10.0. The van der Waals surface area contributed by atoms with Crippen molar-refractivity contribution in [1.82, 2.24) is 9.97 Å². The number of halogens is 4. The minimum Gasteiger partial charge on any atom is -0.391 e. The first kappa shape index (κ1) is 15.7. The molecule has 1 aliphatic rings. The van der Waals surface area contributed by atoms with Crippen LogP contribution in [-0.2, 0) is 6.18 Å². The van der Waals surface area contributed by atoms with Gasteiger partial charge in [0.05, 0.1) is 12.1 Å². The number of alkyl halides is 3. The fraction of sp³-hybridized carbons (Fsp3) is 0.333. The van der Waals surface area contributed by atoms with Crippen molar-refractivity contribution in [3.05, 3.63) is 53.6 Å². The number of anilines is 1. The minimum absolute atomic E-state index is 0.0858. The highest BCUT2D eigenvalue weighted by Crippen LogP contribution is 2.36. The third-order valence-corrected chi connectivity index (χ3v) is 3.70. The fourth-order valence-corrected chi connectivity index (χ4v) is 2.71. The Hall–Kier alpha value is -2.22. The van der Waals surface area contributed by atoms with Crippen molar-refractivity contribution in [2.24, 2.45) is 0 Å². The quantitative estimate of drug-likeness (QED) is 0.862. The van der Waals surface area contributed by atoms with Gasteiger partial charge in [0, 0.05) is 12.7 Å². The Balaban J connectivity index is 1.97. The van der Waals surface area contributed by atoms with E-state index in [0.717, 1.165) is 12.3 Å². The van der Waals surface area contributed by atoms with Crippen molar-refractivity contribution < 1.29 is 22.7 Å². The Morgan fingerprint density at radius 3 is 2.70 bits per heavy atom. The SMILES string of the molecule is O[C@H]1C[C@@H](c2cccc(F)c2)N(c2nccc(C(F)(F)F)n2)C1. The summed E-state index contributed by atoms with van der Waals surface area (Å²) in [5, 5.41) is 9.88. The van der Waals surface area contributed by atoms with E-state index in [4.69, 9.17) is 0 Å². The van der Waals surface area contributed by atoms with Crippen molar-refractivity contribution in [1.29, 1.82) is 0 Å². The van der Waals surface area contributed by atoms with Gasteiger partial charge >= 0.3 is 6.18 Å². The molecule has 1 N–H and O–H groups in total. The zero-order valence-corrected chi connectivity index (χ0v) is 11.8. The van der Waals surface area contributed by atoms with Gasteiger partial charge in [0.15, 0.2) is 0 Å². The number of rotatable bonds is 2. The first-order valence-corrected chi connectivity index (χ1v) is 6.95. The van der Waals surface area contributed by atoms with Gasteiger partial charge in [0.1, 0.15) is 11.5 Å². The van der Waals surface area contributed by atoms with Crippen LogP contribution >= 0.6 is 0 Å². The van der Waals surface area contributed by atoms with Crippen molar-refractivity contribution in [3.8, 4) is 0 Å². The number of β-amino-alcohol motifs (C(OH)–C–C–N with tert-alkyl or cyclic N) is 1. The van der Waals surface area contributed by atoms with E-state index < -0.39 is 29.8 Å². The molecule has 23 heavy (non-hydrogen) atoms. The first-order valence-electron chi connectivity index (χ1n) is 6.95. The smallest absolute Gasteiger partial charge is 0.391 e. The molecular formula is C15H13F4N3O. The summed E-state index contributed by atoms with van der Waals surface area (Å²) in [6.07, 6.45) is -4.03. The maximum absolute atomic E-state index is 13.4. The van der Waals surface area contributed by atoms with E-state index in [2.05, 4.69) is 9.97 Å². The van der Waals surface area contributed by atoms with Crippen LogP contribution in [0.2, 0.25) is 0 Å². The van der Waals surface area contributed by atoms with E-state index in [0.29, 0.717) is 5.56 Å². The lowest BCUT2D eigenvalue weighted by molar-refractivity contribution is -0.141. The van der Waals surface area contributed by atoms with Crippen LogP contribution in [0.3, 0.4) is 0 Å². The molecule has 0 aliphatic carbocycles. The third kappa shape index (κ3) is 3.26. The summed E-state index contributed by atoms with van der Waals surface area (Å²) in [5.74, 6) is -0.584. The van der Waals surface area contributed by atoms with Crippen LogP contribution in [0, 0.1) is 5.82 Å². The number of hydrogen-bond donors (Lipinski definition) is 1. The average Bonchev–Trinajstić information content (AvgIpc) is 2.89. The van der Waals surface area contributed by atoms with E-state index in [-0.39, 0.29) is 18.9 Å². The van der Waals surface area contributed by atoms with Crippen molar-refractivity contribution in [2.45, 2.75) is 24.7 Å². The summed E-state index contributed by atoms with van der Waals surface area (Å²) in [6, 6.07) is 6.05. The fourth-order valence-electron chi connectivity index (χ4n) is 2.71. The molecule has 2 heterocycles. The predicted octanol–water partition coefficient (Wildman–Crippen LogP) is 2.95. The molecule has 0 radical (unpaired) electrons. The Bertz CT molecular complexity index is 707. The largest absolute Gasteiger partial charge is 0.433 e. The van der Waals surface area contributed by atoms with Crippen molar-refractivity contribution in [2.75, 3.05) is 11.4 Å². The molecule has 1 aromatic carbocycles. The number of aliphatic hydroxyl groups is 1. The van der Waals surface area contributed by atoms with Crippen LogP contribution in [0.15, 0.2) is 36.5 Å². The minimum atomic E-state index is -4.58. The number of benzene rings is 1. The molecule has 2 aromatic rings. The predicted molar refractivity (Wildman–Crippen MR) is 74.1 cm³/mol. The molecule has 0 spiro atoms. The molecule has 0 saturated carbocycles. The summed E-state index contributed by atoms with van der Waals surface area (Å²) in [4.78, 5) is 8.89. The van der Waals surface area contributed by atoms with Crippen LogP contribution in [0.5, 0.6) is 0 Å². The van der Waals surface area contributed by atoms with E-state index in [1.54, 1.807) is 6.07 Å². The number of nitrogens with zero attached hydrogens (tertiary/aromatic N) is 3. The van der Waals surface area contributed by atoms with E-state index in [9.17, 15) is 22.7 Å². The zero-order valence-electron chi connectivity index (χ0n) is 11.8. The molecule has 1 aromatic heterocycles. The average molecular weight is 327 g/mol. The summed E-state index contributed by atoms with van der Waals surface area (Å²) in [5.41, 5.74) is -0.496. The van der Waals surface area contributed by atoms with E-state index in [1.807, 2.05) is 0 Å². The number of hydrogen-bond acceptors (Lipinski definition) is 4. The molecule has 2 atom stereocenters. The molecule has 3 rings (SSSR count). The normalized spacial score (nSPS) is 21.7. The first-order chi connectivity index (χ1) is 10.8. The molecule has 1 saturated heterocycles. The van der Waals surface area contributed by atoms with Gasteiger partial charge in [0.25, 0.3) is 0 Å². The second kappa shape index (κ2) is 5.77. The van der Waals surface area contributed by atoms with Crippen LogP contribution in [0.1, 0.15) is 23.7 Å². The monoisotopic (exact) mass is 327 g/mol. The lowest BCUT2D eigenvalue weighted by Gasteiger charge is -2.25. The van der Waals surface area contributed by atoms with E-state index in [1.165, 1.54) is 23.1 Å². The standard InChI is InChI=1S/C15H13F4N3O/c16-10-3-1-2-9(6-10)12-7-11(23)8-22(12)14-20-5-4-13(21-14)15(17,18)19/h1-6,11-12,23H,7-8H2/t11-,12-/m0/s1. The topological polar surface area (TPSA) is 49.2 Å². The highest BCUT2D eigenvalue weighted by atomic mass is 19.4. The molecule has 0 unspecified atom stereocenters. The highest BCUT2D eigenvalue weighted by molar-refractivity contribution is 5.40. The zero-order chi connectivity index (χ0) is 16.6. The van der Waals surface area contributed by atoms with Crippen molar-refractivity contribution in [3.63, 3.8) is 0 Å². The summed E-state index contributed by atoms with van der Waals surface area (Å²) in [6.45, 7) is 0.0858. The van der Waals surface area contributed by atoms with Gasteiger partial charge < -0.3 is 10.0 Å². The molecule has 0 amide bonds. The van der Waals surface area contributed by atoms with Gasteiger partial charge in [-0.15, -0.1) is 0 Å². The van der Waals surface area contributed by atoms with Gasteiger partial charge in [-0.3, -0.25) is 0 Å². The molecule has 0 bridgehead atoms. The van der Waals surface area contributed by atoms with Gasteiger partial charge in [-0.05, 0) is 30.2 Å². The Labute approximate surface area is 129 Å². The van der Waals surface area contributed by atoms with Crippen LogP contribution in [0.25, 0.3) is 0 Å². The maximum atomic E-state index is 13.4. The van der Waals surface area contributed by atoms with Crippen LogP contribution in [-0.4, -0.2) is 27.7 Å². The highest BCUT2D eigenvalue weighted by Gasteiger charge is 2.37. The summed E-state index contributed by atoms with van der Waals surface area (Å²) < 4.78 is 51.8. The van der Waals surface area contributed by atoms with Gasteiger partial charge in [0.2, 0.25) is 5.95 Å². The maximum Gasteiger partial charge on any atom is 0.433 e. The van der Waals surface area contributed by atoms with Crippen LogP contribution in [0.4, 0.5) is 23.5 Å². The van der Waals surface area contributed by atoms with E-state index >= 15 is 0 Å². The Morgan fingerprint density at radius 2 is 2.00 bits per heavy atom. The molecule has 8 heteroatoms. The third-order valence-electron chi connectivity index (χ3n) is 3.70. The van der Waals surface area contributed by atoms with Crippen molar-refractivity contribution >= 4 is 5.95 Å². The summed E-state index contributed by atoms with van der Waals surface area (Å²) >= 11 is 0. The van der Waals surface area contributed by atoms with Crippen LogP contribution < -0.4 is 4.90 Å². The Morgan fingerprint density at radius 1 is 1.22 bits per heavy atom. The van der Waals surface area contributed by atoms with Gasteiger partial charge in [-0.1, -0.05) is 12.1 Å². The summed E-state index contributed by atoms with van der Waals surface area (Å²) in [7, 11) is 0. The number of aromatic nitrogens is 2. The molecule has 4 nitrogen and oxygen atoms in total. The Kier molecular flexibility index (Phi) is 3.93. The molecule has 122 valence electrons. The molecule has 1 fully saturated rings.